The Morgan fingerprint density at radius 2 is 2.07 bits per heavy atom. The summed E-state index contributed by atoms with van der Waals surface area (Å²) in [5, 5.41) is 14.0. The fourth-order valence-electron chi connectivity index (χ4n) is 1.46. The lowest BCUT2D eigenvalue weighted by molar-refractivity contribution is 0.144. The lowest BCUT2D eigenvalue weighted by atomic mass is 10.2. The summed E-state index contributed by atoms with van der Waals surface area (Å²) in [5.74, 6) is 0. The van der Waals surface area contributed by atoms with Crippen molar-refractivity contribution in [2.24, 2.45) is 0 Å². The number of rotatable bonds is 5. The number of hydrogen-bond donors (Lipinski definition) is 1. The van der Waals surface area contributed by atoms with E-state index in [1.807, 2.05) is 11.6 Å². The van der Waals surface area contributed by atoms with Gasteiger partial charge in [-0.1, -0.05) is 20.8 Å². The van der Waals surface area contributed by atoms with Crippen LogP contribution in [0, 0.1) is 0 Å². The third kappa shape index (κ3) is 2.58. The van der Waals surface area contributed by atoms with Gasteiger partial charge in [0.15, 0.2) is 0 Å². The first-order valence-electron chi connectivity index (χ1n) is 5.44. The highest BCUT2D eigenvalue weighted by Crippen LogP contribution is 2.08. The minimum atomic E-state index is -0.273. The first-order valence-corrected chi connectivity index (χ1v) is 5.44. The maximum absolute atomic E-state index is 9.55. The molecule has 0 spiro atoms. The van der Waals surface area contributed by atoms with Crippen molar-refractivity contribution in [1.29, 1.82) is 0 Å². The quantitative estimate of drug-likeness (QED) is 0.779. The topological polar surface area (TPSA) is 38.0 Å². The molecule has 0 saturated carbocycles. The van der Waals surface area contributed by atoms with Gasteiger partial charge in [0, 0.05) is 5.69 Å². The van der Waals surface area contributed by atoms with Gasteiger partial charge in [-0.25, -0.2) is 0 Å². The van der Waals surface area contributed by atoms with Crippen LogP contribution in [0.3, 0.4) is 0 Å². The third-order valence-electron chi connectivity index (χ3n) is 2.49. The number of aliphatic hydroxyl groups excluding tert-OH is 1. The molecule has 0 aromatic carbocycles. The molecule has 80 valence electrons. The standard InChI is InChI=1S/C11H20N2O/c1-4-9-7-10(5-2)13(12-9)8-11(14)6-3/h7,11,14H,4-6,8H2,1-3H3. The van der Waals surface area contributed by atoms with Crippen molar-refractivity contribution < 1.29 is 5.11 Å². The summed E-state index contributed by atoms with van der Waals surface area (Å²) in [7, 11) is 0. The average Bonchev–Trinajstić information content (AvgIpc) is 2.60. The van der Waals surface area contributed by atoms with Gasteiger partial charge in [-0.05, 0) is 25.3 Å². The fourth-order valence-corrected chi connectivity index (χ4v) is 1.46. The SMILES string of the molecule is CCc1cc(CC)n(CC(O)CC)n1. The second-order valence-electron chi connectivity index (χ2n) is 3.58. The van der Waals surface area contributed by atoms with Crippen LogP contribution in [-0.4, -0.2) is 21.0 Å². The molecule has 1 N–H and O–H groups in total. The summed E-state index contributed by atoms with van der Waals surface area (Å²) < 4.78 is 1.94. The van der Waals surface area contributed by atoms with Crippen LogP contribution in [-0.2, 0) is 19.4 Å². The molecule has 0 bridgehead atoms. The van der Waals surface area contributed by atoms with Crippen LogP contribution in [0.25, 0.3) is 0 Å². The second-order valence-corrected chi connectivity index (χ2v) is 3.58. The van der Waals surface area contributed by atoms with Gasteiger partial charge in [0.1, 0.15) is 0 Å². The number of nitrogens with zero attached hydrogens (tertiary/aromatic N) is 2. The molecule has 0 aliphatic carbocycles. The Morgan fingerprint density at radius 1 is 1.36 bits per heavy atom. The molecule has 3 nitrogen and oxygen atoms in total. The highest BCUT2D eigenvalue weighted by molar-refractivity contribution is 5.10. The summed E-state index contributed by atoms with van der Waals surface area (Å²) in [6, 6.07) is 2.13. The Labute approximate surface area is 85.8 Å². The summed E-state index contributed by atoms with van der Waals surface area (Å²) in [6.07, 6.45) is 2.45. The van der Waals surface area contributed by atoms with Gasteiger partial charge in [-0.2, -0.15) is 5.10 Å². The first-order chi connectivity index (χ1) is 6.71. The van der Waals surface area contributed by atoms with Gasteiger partial charge in [-0.3, -0.25) is 4.68 Å². The van der Waals surface area contributed by atoms with Crippen molar-refractivity contribution in [2.75, 3.05) is 0 Å². The van der Waals surface area contributed by atoms with E-state index in [0.29, 0.717) is 6.54 Å². The average molecular weight is 196 g/mol. The molecule has 1 unspecified atom stereocenters. The molecule has 1 aromatic rings. The molecule has 14 heavy (non-hydrogen) atoms. The zero-order valence-electron chi connectivity index (χ0n) is 9.32. The summed E-state index contributed by atoms with van der Waals surface area (Å²) >= 11 is 0. The van der Waals surface area contributed by atoms with Crippen molar-refractivity contribution in [1.82, 2.24) is 9.78 Å². The molecule has 0 aliphatic heterocycles. The largest absolute Gasteiger partial charge is 0.391 e. The zero-order valence-corrected chi connectivity index (χ0v) is 9.32. The van der Waals surface area contributed by atoms with Gasteiger partial charge in [0.2, 0.25) is 0 Å². The first kappa shape index (κ1) is 11.2. The number of aliphatic hydroxyl groups is 1. The molecular weight excluding hydrogens is 176 g/mol. The monoisotopic (exact) mass is 196 g/mol. The smallest absolute Gasteiger partial charge is 0.0733 e. The van der Waals surface area contributed by atoms with E-state index in [1.165, 1.54) is 5.69 Å². The second kappa shape index (κ2) is 5.15. The normalized spacial score (nSPS) is 13.1. The molecule has 0 amide bonds. The third-order valence-corrected chi connectivity index (χ3v) is 2.49. The lowest BCUT2D eigenvalue weighted by Gasteiger charge is -2.10. The van der Waals surface area contributed by atoms with Crippen LogP contribution >= 0.6 is 0 Å². The van der Waals surface area contributed by atoms with Gasteiger partial charge in [0.25, 0.3) is 0 Å². The minimum absolute atomic E-state index is 0.273. The van der Waals surface area contributed by atoms with Crippen LogP contribution in [0.1, 0.15) is 38.6 Å². The Kier molecular flexibility index (Phi) is 4.14. The fraction of sp³-hybridized carbons (Fsp3) is 0.727. The molecule has 1 aromatic heterocycles. The van der Waals surface area contributed by atoms with Crippen LogP contribution in [0.2, 0.25) is 0 Å². The van der Waals surface area contributed by atoms with E-state index in [2.05, 4.69) is 25.0 Å². The highest BCUT2D eigenvalue weighted by atomic mass is 16.3. The van der Waals surface area contributed by atoms with Gasteiger partial charge in [0.05, 0.1) is 18.3 Å². The maximum Gasteiger partial charge on any atom is 0.0733 e. The van der Waals surface area contributed by atoms with Crippen molar-refractivity contribution in [3.05, 3.63) is 17.5 Å². The predicted octanol–water partition coefficient (Wildman–Crippen LogP) is 1.78. The van der Waals surface area contributed by atoms with Crippen LogP contribution in [0.5, 0.6) is 0 Å². The summed E-state index contributed by atoms with van der Waals surface area (Å²) in [4.78, 5) is 0. The van der Waals surface area contributed by atoms with E-state index in [-0.39, 0.29) is 6.10 Å². The molecule has 3 heteroatoms. The van der Waals surface area contributed by atoms with Crippen molar-refractivity contribution in [3.8, 4) is 0 Å². The highest BCUT2D eigenvalue weighted by Gasteiger charge is 2.08. The predicted molar refractivity (Wildman–Crippen MR) is 57.3 cm³/mol. The maximum atomic E-state index is 9.55. The molecule has 1 heterocycles. The van der Waals surface area contributed by atoms with E-state index >= 15 is 0 Å². The van der Waals surface area contributed by atoms with E-state index in [0.717, 1.165) is 25.0 Å². The molecule has 0 saturated heterocycles. The van der Waals surface area contributed by atoms with Gasteiger partial charge < -0.3 is 5.11 Å². The van der Waals surface area contributed by atoms with Crippen molar-refractivity contribution >= 4 is 0 Å². The number of aromatic nitrogens is 2. The van der Waals surface area contributed by atoms with Crippen LogP contribution in [0.4, 0.5) is 0 Å². The minimum Gasteiger partial charge on any atom is -0.391 e. The zero-order chi connectivity index (χ0) is 10.6. The Morgan fingerprint density at radius 3 is 2.57 bits per heavy atom. The van der Waals surface area contributed by atoms with Crippen LogP contribution in [0.15, 0.2) is 6.07 Å². The Balaban J connectivity index is 2.78. The summed E-state index contributed by atoms with van der Waals surface area (Å²) in [6.45, 7) is 6.83. The molecule has 0 radical (unpaired) electrons. The molecule has 1 rings (SSSR count). The number of aryl methyl sites for hydroxylation is 2. The van der Waals surface area contributed by atoms with Crippen molar-refractivity contribution in [2.45, 2.75) is 52.7 Å². The van der Waals surface area contributed by atoms with Crippen molar-refractivity contribution in [3.63, 3.8) is 0 Å². The lowest BCUT2D eigenvalue weighted by Crippen LogP contribution is -2.17. The van der Waals surface area contributed by atoms with E-state index in [9.17, 15) is 5.11 Å². The van der Waals surface area contributed by atoms with Gasteiger partial charge in [-0.15, -0.1) is 0 Å². The van der Waals surface area contributed by atoms with E-state index in [4.69, 9.17) is 0 Å². The number of hydrogen-bond acceptors (Lipinski definition) is 2. The molecular formula is C11H20N2O. The van der Waals surface area contributed by atoms with E-state index in [1.54, 1.807) is 0 Å². The van der Waals surface area contributed by atoms with E-state index < -0.39 is 0 Å². The molecule has 0 fully saturated rings. The summed E-state index contributed by atoms with van der Waals surface area (Å²) in [5.41, 5.74) is 2.33. The Bertz CT molecular complexity index is 281. The molecule has 0 aliphatic rings. The van der Waals surface area contributed by atoms with Crippen LogP contribution < -0.4 is 0 Å². The molecule has 1 atom stereocenters. The Hall–Kier alpha value is -0.830. The van der Waals surface area contributed by atoms with Gasteiger partial charge >= 0.3 is 0 Å².